The highest BCUT2D eigenvalue weighted by molar-refractivity contribution is 7.90. The van der Waals surface area contributed by atoms with Crippen LogP contribution in [0.25, 0.3) is 0 Å². The molecule has 2 aromatic rings. The molecule has 0 bridgehead atoms. The number of sulfone groups is 1. The fourth-order valence-electron chi connectivity index (χ4n) is 3.24. The Morgan fingerprint density at radius 3 is 2.53 bits per heavy atom. The molecule has 160 valence electrons. The van der Waals surface area contributed by atoms with E-state index in [1.807, 2.05) is 0 Å². The van der Waals surface area contributed by atoms with E-state index in [0.717, 1.165) is 36.0 Å². The molecule has 1 aliphatic carbocycles. The molecule has 0 radical (unpaired) electrons. The normalized spacial score (nSPS) is 12.9. The van der Waals surface area contributed by atoms with Gasteiger partial charge in [-0.25, -0.2) is 18.0 Å². The Morgan fingerprint density at radius 1 is 1.10 bits per heavy atom. The number of ether oxygens (including phenoxy) is 2. The number of thiophene rings is 1. The lowest BCUT2D eigenvalue weighted by atomic mass is 10.1. The Bertz CT molecular complexity index is 1100. The first-order valence-corrected chi connectivity index (χ1v) is 12.0. The van der Waals surface area contributed by atoms with Crippen molar-refractivity contribution in [1.29, 1.82) is 0 Å². The lowest BCUT2D eigenvalue weighted by molar-refractivity contribution is -0.119. The number of carbonyl (C=O) groups is 3. The van der Waals surface area contributed by atoms with Crippen molar-refractivity contribution in [3.63, 3.8) is 0 Å². The van der Waals surface area contributed by atoms with Crippen LogP contribution >= 0.6 is 11.3 Å². The molecule has 1 aliphatic rings. The maximum absolute atomic E-state index is 12.3. The van der Waals surface area contributed by atoms with E-state index in [1.54, 1.807) is 6.92 Å². The Labute approximate surface area is 178 Å². The first-order chi connectivity index (χ1) is 14.2. The predicted octanol–water partition coefficient (Wildman–Crippen LogP) is 2.61. The monoisotopic (exact) mass is 451 g/mol. The van der Waals surface area contributed by atoms with Crippen LogP contribution in [0.1, 0.15) is 44.5 Å². The Hall–Kier alpha value is -2.72. The smallest absolute Gasteiger partial charge is 0.341 e. The molecule has 1 aromatic heterocycles. The van der Waals surface area contributed by atoms with Crippen molar-refractivity contribution >= 4 is 44.0 Å². The van der Waals surface area contributed by atoms with Gasteiger partial charge < -0.3 is 14.8 Å². The van der Waals surface area contributed by atoms with Crippen molar-refractivity contribution in [3.8, 4) is 0 Å². The van der Waals surface area contributed by atoms with E-state index in [0.29, 0.717) is 10.6 Å². The van der Waals surface area contributed by atoms with Crippen LogP contribution in [-0.2, 0) is 36.9 Å². The van der Waals surface area contributed by atoms with Crippen LogP contribution in [-0.4, -0.2) is 45.7 Å². The van der Waals surface area contributed by atoms with E-state index in [2.05, 4.69) is 5.32 Å². The van der Waals surface area contributed by atoms with Crippen LogP contribution in [0.15, 0.2) is 29.2 Å². The lowest BCUT2D eigenvalue weighted by Gasteiger charge is -2.10. The largest absolute Gasteiger partial charge is 0.462 e. The van der Waals surface area contributed by atoms with Gasteiger partial charge in [0.2, 0.25) is 0 Å². The summed E-state index contributed by atoms with van der Waals surface area (Å²) in [4.78, 5) is 37.8. The highest BCUT2D eigenvalue weighted by Gasteiger charge is 2.28. The summed E-state index contributed by atoms with van der Waals surface area (Å²) in [5, 5.41) is 2.99. The molecule has 0 atom stereocenters. The third-order valence-electron chi connectivity index (χ3n) is 4.49. The summed E-state index contributed by atoms with van der Waals surface area (Å²) in [6.07, 6.45) is 3.50. The molecule has 0 aliphatic heterocycles. The average molecular weight is 452 g/mol. The number of hydrogen-bond acceptors (Lipinski definition) is 8. The zero-order valence-electron chi connectivity index (χ0n) is 16.5. The van der Waals surface area contributed by atoms with E-state index in [-0.39, 0.29) is 17.1 Å². The van der Waals surface area contributed by atoms with E-state index in [9.17, 15) is 22.8 Å². The maximum atomic E-state index is 12.3. The SMILES string of the molecule is CCOC(=O)c1c(NC(=O)COC(=O)c2ccccc2S(C)(=O)=O)sc2c1CCC2. The van der Waals surface area contributed by atoms with Crippen molar-refractivity contribution in [2.45, 2.75) is 31.1 Å². The highest BCUT2D eigenvalue weighted by Crippen LogP contribution is 2.39. The summed E-state index contributed by atoms with van der Waals surface area (Å²) in [5.74, 6) is -2.05. The molecule has 1 heterocycles. The van der Waals surface area contributed by atoms with Gasteiger partial charge in [0.15, 0.2) is 16.4 Å². The molecule has 1 N–H and O–H groups in total. The number of esters is 2. The number of amides is 1. The van der Waals surface area contributed by atoms with Crippen molar-refractivity contribution in [3.05, 3.63) is 45.8 Å². The molecule has 8 nitrogen and oxygen atoms in total. The maximum Gasteiger partial charge on any atom is 0.341 e. The minimum Gasteiger partial charge on any atom is -0.462 e. The molecule has 0 fully saturated rings. The number of fused-ring (bicyclic) bond motifs is 1. The molecule has 3 rings (SSSR count). The van der Waals surface area contributed by atoms with Crippen LogP contribution < -0.4 is 5.32 Å². The summed E-state index contributed by atoms with van der Waals surface area (Å²) in [6.45, 7) is 1.30. The lowest BCUT2D eigenvalue weighted by Crippen LogP contribution is -2.22. The predicted molar refractivity (Wildman–Crippen MR) is 111 cm³/mol. The van der Waals surface area contributed by atoms with Crippen molar-refractivity contribution < 1.29 is 32.3 Å². The molecule has 0 spiro atoms. The second-order valence-corrected chi connectivity index (χ2v) is 9.76. The molecule has 10 heteroatoms. The summed E-state index contributed by atoms with van der Waals surface area (Å²) in [7, 11) is -3.64. The first-order valence-electron chi connectivity index (χ1n) is 9.30. The number of hydrogen-bond donors (Lipinski definition) is 1. The van der Waals surface area contributed by atoms with Gasteiger partial charge in [0.25, 0.3) is 5.91 Å². The average Bonchev–Trinajstić information content (AvgIpc) is 3.26. The summed E-state index contributed by atoms with van der Waals surface area (Å²) < 4.78 is 33.8. The Morgan fingerprint density at radius 2 is 1.83 bits per heavy atom. The first kappa shape index (κ1) is 22.0. The van der Waals surface area contributed by atoms with E-state index in [4.69, 9.17) is 9.47 Å². The zero-order chi connectivity index (χ0) is 21.9. The molecule has 0 saturated heterocycles. The second kappa shape index (κ2) is 8.97. The number of aryl methyl sites for hydroxylation is 1. The Kier molecular flexibility index (Phi) is 6.57. The number of anilines is 1. The van der Waals surface area contributed by atoms with Gasteiger partial charge in [0, 0.05) is 11.1 Å². The van der Waals surface area contributed by atoms with Crippen molar-refractivity contribution in [2.24, 2.45) is 0 Å². The molecule has 30 heavy (non-hydrogen) atoms. The molecular weight excluding hydrogens is 430 g/mol. The molecule has 1 amide bonds. The standard InChI is InChI=1S/C20H21NO7S2/c1-3-27-20(24)17-12-8-6-9-14(12)29-18(17)21-16(22)11-28-19(23)13-7-4-5-10-15(13)30(2,25)26/h4-5,7,10H,3,6,8-9,11H2,1-2H3,(H,21,22). The third kappa shape index (κ3) is 4.71. The summed E-state index contributed by atoms with van der Waals surface area (Å²) in [6, 6.07) is 5.61. The van der Waals surface area contributed by atoms with Gasteiger partial charge >= 0.3 is 11.9 Å². The number of rotatable bonds is 7. The van der Waals surface area contributed by atoms with Gasteiger partial charge in [-0.05, 0) is 43.9 Å². The van der Waals surface area contributed by atoms with Crippen molar-refractivity contribution in [2.75, 3.05) is 24.8 Å². The Balaban J connectivity index is 1.71. The van der Waals surface area contributed by atoms with Crippen LogP contribution in [0.4, 0.5) is 5.00 Å². The van der Waals surface area contributed by atoms with Crippen LogP contribution in [0.5, 0.6) is 0 Å². The summed E-state index contributed by atoms with van der Waals surface area (Å²) >= 11 is 1.32. The number of nitrogens with one attached hydrogen (secondary N) is 1. The number of carbonyl (C=O) groups excluding carboxylic acids is 3. The molecular formula is C20H21NO7S2. The van der Waals surface area contributed by atoms with Gasteiger partial charge in [0.1, 0.15) is 5.00 Å². The third-order valence-corrected chi connectivity index (χ3v) is 6.86. The van der Waals surface area contributed by atoms with Gasteiger partial charge in [-0.3, -0.25) is 4.79 Å². The van der Waals surface area contributed by atoms with Gasteiger partial charge in [0.05, 0.1) is 22.6 Å². The van der Waals surface area contributed by atoms with Gasteiger partial charge in [-0.1, -0.05) is 12.1 Å². The highest BCUT2D eigenvalue weighted by atomic mass is 32.2. The topological polar surface area (TPSA) is 116 Å². The van der Waals surface area contributed by atoms with Crippen LogP contribution in [0, 0.1) is 0 Å². The van der Waals surface area contributed by atoms with Gasteiger partial charge in [-0.2, -0.15) is 0 Å². The van der Waals surface area contributed by atoms with E-state index < -0.39 is 34.3 Å². The van der Waals surface area contributed by atoms with Crippen LogP contribution in [0.3, 0.4) is 0 Å². The van der Waals surface area contributed by atoms with Crippen LogP contribution in [0.2, 0.25) is 0 Å². The fraction of sp³-hybridized carbons (Fsp3) is 0.350. The van der Waals surface area contributed by atoms with Crippen molar-refractivity contribution in [1.82, 2.24) is 0 Å². The van der Waals surface area contributed by atoms with E-state index >= 15 is 0 Å². The minimum absolute atomic E-state index is 0.143. The molecule has 1 aromatic carbocycles. The second-order valence-electron chi connectivity index (χ2n) is 6.67. The quantitative estimate of drug-likeness (QED) is 0.643. The molecule has 0 unspecified atom stereocenters. The molecule has 0 saturated carbocycles. The van der Waals surface area contributed by atoms with E-state index in [1.165, 1.54) is 35.6 Å². The fourth-order valence-corrected chi connectivity index (χ4v) is 5.41. The summed E-state index contributed by atoms with van der Waals surface area (Å²) in [5.41, 5.74) is 1.11. The minimum atomic E-state index is -3.64. The van der Waals surface area contributed by atoms with Gasteiger partial charge in [-0.15, -0.1) is 11.3 Å². The number of benzene rings is 1. The zero-order valence-corrected chi connectivity index (χ0v) is 18.2.